The highest BCUT2D eigenvalue weighted by atomic mass is 16.2. The molecule has 1 atom stereocenters. The summed E-state index contributed by atoms with van der Waals surface area (Å²) >= 11 is 0. The first kappa shape index (κ1) is 24.0. The maximum atomic E-state index is 13.8. The molecule has 0 aliphatic carbocycles. The average molecular weight is 468 g/mol. The molecule has 35 heavy (non-hydrogen) atoms. The Bertz CT molecular complexity index is 1300. The summed E-state index contributed by atoms with van der Waals surface area (Å²) in [5.74, 6) is -1.54. The van der Waals surface area contributed by atoms with E-state index in [2.05, 4.69) is 10.6 Å². The molecule has 0 spiro atoms. The summed E-state index contributed by atoms with van der Waals surface area (Å²) < 4.78 is 0. The van der Waals surface area contributed by atoms with Gasteiger partial charge in [-0.3, -0.25) is 14.4 Å². The van der Waals surface area contributed by atoms with Crippen molar-refractivity contribution in [3.05, 3.63) is 107 Å². The van der Waals surface area contributed by atoms with Crippen LogP contribution in [-0.2, 0) is 20.9 Å². The average Bonchev–Trinajstić information content (AvgIpc) is 3.04. The predicted molar refractivity (Wildman–Crippen MR) is 138 cm³/mol. The van der Waals surface area contributed by atoms with Crippen LogP contribution in [0.25, 0.3) is 0 Å². The molecule has 1 unspecified atom stereocenters. The van der Waals surface area contributed by atoms with Gasteiger partial charge in [0.1, 0.15) is 5.57 Å². The molecule has 1 aliphatic rings. The van der Waals surface area contributed by atoms with Crippen molar-refractivity contribution in [1.29, 1.82) is 0 Å². The Hall–Kier alpha value is -4.19. The second-order valence-corrected chi connectivity index (χ2v) is 9.07. The van der Waals surface area contributed by atoms with Crippen LogP contribution < -0.4 is 10.6 Å². The third kappa shape index (κ3) is 4.73. The second kappa shape index (κ2) is 9.58. The van der Waals surface area contributed by atoms with Gasteiger partial charge in [0.15, 0.2) is 5.54 Å². The molecule has 6 heteroatoms. The Balaban J connectivity index is 1.69. The Labute approximate surface area is 205 Å². The maximum absolute atomic E-state index is 13.8. The molecule has 3 aromatic rings. The largest absolute Gasteiger partial charge is 0.349 e. The second-order valence-electron chi connectivity index (χ2n) is 9.07. The van der Waals surface area contributed by atoms with Crippen LogP contribution in [0.3, 0.4) is 0 Å². The maximum Gasteiger partial charge on any atom is 0.261 e. The lowest BCUT2D eigenvalue weighted by Gasteiger charge is -2.35. The number of nitrogens with zero attached hydrogens (tertiary/aromatic N) is 1. The SMILES string of the molecule is CC1=C(C(=O)Nc2ccc(C)cc2)C(=O)C(C)(C(=O)Nc2ccc(C)cc2)N1Cc1ccccc1. The van der Waals surface area contributed by atoms with Gasteiger partial charge in [0, 0.05) is 23.6 Å². The van der Waals surface area contributed by atoms with E-state index in [0.717, 1.165) is 16.7 Å². The minimum absolute atomic E-state index is 0.0111. The minimum atomic E-state index is -1.59. The molecule has 0 aromatic heterocycles. The third-order valence-corrected chi connectivity index (χ3v) is 6.45. The van der Waals surface area contributed by atoms with E-state index in [1.807, 2.05) is 68.4 Å². The quantitative estimate of drug-likeness (QED) is 0.395. The summed E-state index contributed by atoms with van der Waals surface area (Å²) in [6.45, 7) is 7.52. The summed E-state index contributed by atoms with van der Waals surface area (Å²) in [6, 6.07) is 24.3. The van der Waals surface area contributed by atoms with Crippen molar-refractivity contribution < 1.29 is 14.4 Å². The molecule has 0 saturated carbocycles. The van der Waals surface area contributed by atoms with Crippen molar-refractivity contribution >= 4 is 29.0 Å². The smallest absolute Gasteiger partial charge is 0.261 e. The van der Waals surface area contributed by atoms with Crippen molar-refractivity contribution in [2.45, 2.75) is 39.8 Å². The molecule has 0 saturated heterocycles. The van der Waals surface area contributed by atoms with Gasteiger partial charge in [-0.05, 0) is 57.5 Å². The first-order chi connectivity index (χ1) is 16.7. The van der Waals surface area contributed by atoms with Gasteiger partial charge in [0.25, 0.3) is 11.8 Å². The molecular weight excluding hydrogens is 438 g/mol. The Morgan fingerprint density at radius 2 is 1.29 bits per heavy atom. The van der Waals surface area contributed by atoms with Crippen molar-refractivity contribution in [3.8, 4) is 0 Å². The van der Waals surface area contributed by atoms with Gasteiger partial charge in [-0.15, -0.1) is 0 Å². The fourth-order valence-electron chi connectivity index (χ4n) is 4.26. The molecule has 2 amide bonds. The van der Waals surface area contributed by atoms with Crippen LogP contribution in [0, 0.1) is 13.8 Å². The van der Waals surface area contributed by atoms with Gasteiger partial charge in [0.05, 0.1) is 0 Å². The number of ketones is 1. The van der Waals surface area contributed by atoms with Crippen molar-refractivity contribution in [2.24, 2.45) is 0 Å². The molecule has 1 aliphatic heterocycles. The number of rotatable bonds is 6. The highest BCUT2D eigenvalue weighted by Crippen LogP contribution is 2.37. The van der Waals surface area contributed by atoms with E-state index in [9.17, 15) is 14.4 Å². The third-order valence-electron chi connectivity index (χ3n) is 6.45. The van der Waals surface area contributed by atoms with Gasteiger partial charge in [0.2, 0.25) is 5.78 Å². The first-order valence-corrected chi connectivity index (χ1v) is 11.5. The van der Waals surface area contributed by atoms with E-state index in [1.54, 1.807) is 43.0 Å². The summed E-state index contributed by atoms with van der Waals surface area (Å²) in [5, 5.41) is 5.69. The lowest BCUT2D eigenvalue weighted by atomic mass is 9.91. The van der Waals surface area contributed by atoms with Crippen molar-refractivity contribution in [3.63, 3.8) is 0 Å². The normalized spacial score (nSPS) is 17.5. The predicted octanol–water partition coefficient (Wildman–Crippen LogP) is 5.00. The number of benzene rings is 3. The monoisotopic (exact) mass is 467 g/mol. The molecule has 0 bridgehead atoms. The van der Waals surface area contributed by atoms with E-state index >= 15 is 0 Å². The van der Waals surface area contributed by atoms with Crippen LogP contribution in [-0.4, -0.2) is 28.0 Å². The molecule has 1 heterocycles. The summed E-state index contributed by atoms with van der Waals surface area (Å²) in [6.07, 6.45) is 0. The van der Waals surface area contributed by atoms with E-state index in [1.165, 1.54) is 0 Å². The summed E-state index contributed by atoms with van der Waals surface area (Å²) in [7, 11) is 0. The van der Waals surface area contributed by atoms with Gasteiger partial charge in [-0.1, -0.05) is 65.7 Å². The molecule has 0 fully saturated rings. The molecule has 4 rings (SSSR count). The van der Waals surface area contributed by atoms with Crippen LogP contribution in [0.15, 0.2) is 90.1 Å². The first-order valence-electron chi connectivity index (χ1n) is 11.5. The van der Waals surface area contributed by atoms with E-state index in [4.69, 9.17) is 0 Å². The molecule has 6 nitrogen and oxygen atoms in total. The van der Waals surface area contributed by atoms with Crippen LogP contribution in [0.5, 0.6) is 0 Å². The molecule has 3 aromatic carbocycles. The van der Waals surface area contributed by atoms with Gasteiger partial charge >= 0.3 is 0 Å². The van der Waals surface area contributed by atoms with Gasteiger partial charge < -0.3 is 15.5 Å². The number of aryl methyl sites for hydroxylation is 2. The van der Waals surface area contributed by atoms with E-state index in [-0.39, 0.29) is 5.57 Å². The topological polar surface area (TPSA) is 78.5 Å². The zero-order valence-electron chi connectivity index (χ0n) is 20.4. The van der Waals surface area contributed by atoms with Crippen LogP contribution >= 0.6 is 0 Å². The Morgan fingerprint density at radius 3 is 1.83 bits per heavy atom. The number of Topliss-reactive ketones (excluding diaryl/α,β-unsaturated/α-hetero) is 1. The number of nitrogens with one attached hydrogen (secondary N) is 2. The van der Waals surface area contributed by atoms with Crippen molar-refractivity contribution in [1.82, 2.24) is 4.90 Å². The van der Waals surface area contributed by atoms with Crippen LogP contribution in [0.2, 0.25) is 0 Å². The number of carbonyl (C=O) groups is 3. The lowest BCUT2D eigenvalue weighted by Crippen LogP contribution is -2.55. The lowest BCUT2D eigenvalue weighted by molar-refractivity contribution is -0.135. The number of amides is 2. The fourth-order valence-corrected chi connectivity index (χ4v) is 4.26. The summed E-state index contributed by atoms with van der Waals surface area (Å²) in [5.41, 5.74) is 3.08. The molecular formula is C29H29N3O3. The minimum Gasteiger partial charge on any atom is -0.349 e. The number of hydrogen-bond acceptors (Lipinski definition) is 4. The zero-order valence-corrected chi connectivity index (χ0v) is 20.4. The highest BCUT2D eigenvalue weighted by molar-refractivity contribution is 6.34. The molecule has 2 N–H and O–H groups in total. The molecule has 0 radical (unpaired) electrons. The number of anilines is 2. The Morgan fingerprint density at radius 1 is 0.771 bits per heavy atom. The highest BCUT2D eigenvalue weighted by Gasteiger charge is 2.55. The van der Waals surface area contributed by atoms with Crippen LogP contribution in [0.1, 0.15) is 30.5 Å². The van der Waals surface area contributed by atoms with E-state index < -0.39 is 23.1 Å². The zero-order chi connectivity index (χ0) is 25.2. The van der Waals surface area contributed by atoms with Crippen LogP contribution in [0.4, 0.5) is 11.4 Å². The van der Waals surface area contributed by atoms with E-state index in [0.29, 0.717) is 23.6 Å². The Kier molecular flexibility index (Phi) is 6.56. The molecule has 178 valence electrons. The number of carbonyl (C=O) groups excluding carboxylic acids is 3. The number of hydrogen-bond donors (Lipinski definition) is 2. The van der Waals surface area contributed by atoms with Gasteiger partial charge in [-0.25, -0.2) is 0 Å². The summed E-state index contributed by atoms with van der Waals surface area (Å²) in [4.78, 5) is 42.4. The van der Waals surface area contributed by atoms with Crippen molar-refractivity contribution in [2.75, 3.05) is 10.6 Å². The fraction of sp³-hybridized carbons (Fsp3) is 0.207. The number of allylic oxidation sites excluding steroid dienone is 1. The standard InChI is InChI=1S/C29H29N3O3/c1-19-10-14-23(15-11-19)30-27(34)25-21(3)32(18-22-8-6-5-7-9-22)29(4,26(25)33)28(35)31-24-16-12-20(2)13-17-24/h5-17H,18H2,1-4H3,(H,30,34)(H,31,35). The van der Waals surface area contributed by atoms with Gasteiger partial charge in [-0.2, -0.15) is 0 Å².